The average molecular weight is 129 g/mol. The van der Waals surface area contributed by atoms with E-state index in [-0.39, 0.29) is 6.04 Å². The maximum Gasteiger partial charge on any atom is 0.0340 e. The molecule has 2 heteroatoms. The fourth-order valence-electron chi connectivity index (χ4n) is 0.881. The Labute approximate surface area is 58.0 Å². The smallest absolute Gasteiger partial charge is 0.0340 e. The molecule has 0 amide bonds. The molecule has 0 saturated heterocycles. The second-order valence-corrected chi connectivity index (χ2v) is 2.75. The molecule has 0 aromatic carbocycles. The zero-order chi connectivity index (χ0) is 7.28. The molecule has 2 nitrogen and oxygen atoms in total. The highest BCUT2D eigenvalue weighted by Gasteiger charge is 2.01. The van der Waals surface area contributed by atoms with E-state index >= 15 is 0 Å². The van der Waals surface area contributed by atoms with Crippen molar-refractivity contribution in [1.82, 2.24) is 10.6 Å². The third-order valence-corrected chi connectivity index (χ3v) is 1.22. The standard InChI is InChI=1S/C7H17N2/c1-4-5-7(8)6-9(2)3/h7-8H,4-6H2,1-3H3. The molecule has 0 fully saturated rings. The van der Waals surface area contributed by atoms with E-state index in [0.29, 0.717) is 0 Å². The van der Waals surface area contributed by atoms with E-state index in [1.54, 1.807) is 0 Å². The molecule has 0 spiro atoms. The normalized spacial score (nSPS) is 14.3. The summed E-state index contributed by atoms with van der Waals surface area (Å²) in [6, 6.07) is 0.116. The Morgan fingerprint density at radius 2 is 2.00 bits per heavy atom. The van der Waals surface area contributed by atoms with E-state index in [2.05, 4.69) is 11.8 Å². The van der Waals surface area contributed by atoms with Crippen LogP contribution in [0.3, 0.4) is 0 Å². The van der Waals surface area contributed by atoms with Gasteiger partial charge in [0.2, 0.25) is 0 Å². The molecule has 0 heterocycles. The van der Waals surface area contributed by atoms with E-state index in [4.69, 9.17) is 5.73 Å². The first-order chi connectivity index (χ1) is 4.16. The van der Waals surface area contributed by atoms with Gasteiger partial charge >= 0.3 is 0 Å². The van der Waals surface area contributed by atoms with Crippen molar-refractivity contribution in [1.29, 1.82) is 0 Å². The van der Waals surface area contributed by atoms with Gasteiger partial charge in [-0.25, -0.2) is 0 Å². The van der Waals surface area contributed by atoms with Crippen LogP contribution in [0.5, 0.6) is 0 Å². The van der Waals surface area contributed by atoms with Crippen LogP contribution >= 0.6 is 0 Å². The Hall–Kier alpha value is -0.0800. The molecule has 0 bridgehead atoms. The Bertz CT molecular complexity index is 61.9. The number of hydrogen-bond donors (Lipinski definition) is 0. The molecule has 0 aliphatic heterocycles. The highest BCUT2D eigenvalue weighted by molar-refractivity contribution is 4.61. The van der Waals surface area contributed by atoms with Crippen LogP contribution in [0.15, 0.2) is 0 Å². The summed E-state index contributed by atoms with van der Waals surface area (Å²) in [4.78, 5) is 2.06. The van der Waals surface area contributed by atoms with Gasteiger partial charge in [0.05, 0.1) is 0 Å². The van der Waals surface area contributed by atoms with Crippen LogP contribution in [0.25, 0.3) is 0 Å². The maximum atomic E-state index is 7.46. The topological polar surface area (TPSA) is 27.0 Å². The van der Waals surface area contributed by atoms with E-state index in [1.165, 1.54) is 0 Å². The van der Waals surface area contributed by atoms with Gasteiger partial charge in [0.25, 0.3) is 0 Å². The monoisotopic (exact) mass is 129 g/mol. The predicted octanol–water partition coefficient (Wildman–Crippen LogP) is 1.000. The second-order valence-electron chi connectivity index (χ2n) is 2.75. The lowest BCUT2D eigenvalue weighted by Crippen LogP contribution is -2.26. The minimum absolute atomic E-state index is 0.116. The number of nitrogens with one attached hydrogen (secondary N) is 1. The summed E-state index contributed by atoms with van der Waals surface area (Å²) < 4.78 is 0. The quantitative estimate of drug-likeness (QED) is 0.556. The zero-order valence-corrected chi connectivity index (χ0v) is 6.65. The molecule has 0 aliphatic rings. The zero-order valence-electron chi connectivity index (χ0n) is 6.65. The third-order valence-electron chi connectivity index (χ3n) is 1.22. The van der Waals surface area contributed by atoms with Gasteiger partial charge in [0.15, 0.2) is 0 Å². The predicted molar refractivity (Wildman–Crippen MR) is 40.3 cm³/mol. The summed E-state index contributed by atoms with van der Waals surface area (Å²) in [5, 5.41) is 0. The van der Waals surface area contributed by atoms with Gasteiger partial charge in [0.1, 0.15) is 0 Å². The molecule has 1 radical (unpaired) electrons. The van der Waals surface area contributed by atoms with E-state index in [9.17, 15) is 0 Å². The Kier molecular flexibility index (Phi) is 4.72. The van der Waals surface area contributed by atoms with Gasteiger partial charge in [0, 0.05) is 12.6 Å². The molecule has 9 heavy (non-hydrogen) atoms. The summed E-state index contributed by atoms with van der Waals surface area (Å²) in [5.41, 5.74) is 7.46. The largest absolute Gasteiger partial charge is 0.308 e. The van der Waals surface area contributed by atoms with Crippen LogP contribution in [0, 0.1) is 0 Å². The van der Waals surface area contributed by atoms with Crippen LogP contribution in [0.4, 0.5) is 0 Å². The van der Waals surface area contributed by atoms with Crippen LogP contribution in [0.1, 0.15) is 19.8 Å². The third kappa shape index (κ3) is 5.80. The first kappa shape index (κ1) is 8.92. The molecule has 0 rings (SSSR count). The fraction of sp³-hybridized carbons (Fsp3) is 1.00. The SMILES string of the molecule is CCCC([NH])CN(C)C. The number of rotatable bonds is 4. The van der Waals surface area contributed by atoms with E-state index in [1.807, 2.05) is 14.1 Å². The Morgan fingerprint density at radius 3 is 2.33 bits per heavy atom. The van der Waals surface area contributed by atoms with Crippen LogP contribution < -0.4 is 5.73 Å². The van der Waals surface area contributed by atoms with Crippen LogP contribution in [-0.2, 0) is 0 Å². The molecule has 1 unspecified atom stereocenters. The van der Waals surface area contributed by atoms with Crippen LogP contribution in [-0.4, -0.2) is 31.6 Å². The summed E-state index contributed by atoms with van der Waals surface area (Å²) in [6.07, 6.45) is 2.15. The van der Waals surface area contributed by atoms with Crippen molar-refractivity contribution in [3.8, 4) is 0 Å². The molecule has 0 aromatic heterocycles. The molecular weight excluding hydrogens is 112 g/mol. The van der Waals surface area contributed by atoms with Crippen molar-refractivity contribution >= 4 is 0 Å². The first-order valence-electron chi connectivity index (χ1n) is 3.52. The van der Waals surface area contributed by atoms with Crippen molar-refractivity contribution in [2.75, 3.05) is 20.6 Å². The molecule has 0 aliphatic carbocycles. The summed E-state index contributed by atoms with van der Waals surface area (Å²) in [5.74, 6) is 0. The minimum atomic E-state index is 0.116. The van der Waals surface area contributed by atoms with Crippen molar-refractivity contribution in [2.45, 2.75) is 25.8 Å². The Morgan fingerprint density at radius 1 is 1.44 bits per heavy atom. The molecule has 1 atom stereocenters. The van der Waals surface area contributed by atoms with Gasteiger partial charge < -0.3 is 4.90 Å². The lowest BCUT2D eigenvalue weighted by molar-refractivity contribution is 0.357. The maximum absolute atomic E-state index is 7.46. The highest BCUT2D eigenvalue weighted by atomic mass is 15.1. The summed E-state index contributed by atoms with van der Waals surface area (Å²) in [6.45, 7) is 3.02. The first-order valence-corrected chi connectivity index (χ1v) is 3.52. The van der Waals surface area contributed by atoms with E-state index in [0.717, 1.165) is 19.4 Å². The van der Waals surface area contributed by atoms with Gasteiger partial charge in [-0.2, -0.15) is 0 Å². The molecule has 0 saturated carbocycles. The van der Waals surface area contributed by atoms with Gasteiger partial charge in [-0.1, -0.05) is 13.3 Å². The van der Waals surface area contributed by atoms with Gasteiger partial charge in [-0.3, -0.25) is 5.73 Å². The lowest BCUT2D eigenvalue weighted by Gasteiger charge is -2.14. The number of nitrogens with zero attached hydrogens (tertiary/aromatic N) is 1. The Balaban J connectivity index is 3.15. The fourth-order valence-corrected chi connectivity index (χ4v) is 0.881. The van der Waals surface area contributed by atoms with Crippen molar-refractivity contribution in [3.63, 3.8) is 0 Å². The average Bonchev–Trinajstić information content (AvgIpc) is 1.63. The molecule has 55 valence electrons. The van der Waals surface area contributed by atoms with Gasteiger partial charge in [-0.05, 0) is 20.5 Å². The van der Waals surface area contributed by atoms with Crippen molar-refractivity contribution in [3.05, 3.63) is 0 Å². The van der Waals surface area contributed by atoms with Crippen molar-refractivity contribution < 1.29 is 0 Å². The summed E-state index contributed by atoms with van der Waals surface area (Å²) in [7, 11) is 4.02. The molecular formula is C7H17N2. The summed E-state index contributed by atoms with van der Waals surface area (Å²) >= 11 is 0. The highest BCUT2D eigenvalue weighted by Crippen LogP contribution is 1.94. The van der Waals surface area contributed by atoms with E-state index < -0.39 is 0 Å². The minimum Gasteiger partial charge on any atom is -0.308 e. The molecule has 0 aromatic rings. The number of likely N-dealkylation sites (N-methyl/N-ethyl adjacent to an activating group) is 1. The lowest BCUT2D eigenvalue weighted by atomic mass is 10.2. The molecule has 1 N–H and O–H groups in total. The van der Waals surface area contributed by atoms with Gasteiger partial charge in [-0.15, -0.1) is 0 Å². The second kappa shape index (κ2) is 4.77. The number of hydrogen-bond acceptors (Lipinski definition) is 1. The van der Waals surface area contributed by atoms with Crippen LogP contribution in [0.2, 0.25) is 0 Å². The van der Waals surface area contributed by atoms with Crippen molar-refractivity contribution in [2.24, 2.45) is 0 Å².